The number of ether oxygens (including phenoxy) is 5. The van der Waals surface area contributed by atoms with Crippen molar-refractivity contribution in [3.63, 3.8) is 0 Å². The van der Waals surface area contributed by atoms with Gasteiger partial charge in [0.1, 0.15) is 6.61 Å². The van der Waals surface area contributed by atoms with Crippen molar-refractivity contribution >= 4 is 5.97 Å². The van der Waals surface area contributed by atoms with E-state index in [1.165, 1.54) is 6.92 Å². The second kappa shape index (κ2) is 13.8. The van der Waals surface area contributed by atoms with Gasteiger partial charge in [0.05, 0.1) is 31.0 Å². The summed E-state index contributed by atoms with van der Waals surface area (Å²) in [5, 5.41) is 0. The van der Waals surface area contributed by atoms with Gasteiger partial charge in [0, 0.05) is 28.6 Å². The van der Waals surface area contributed by atoms with Crippen molar-refractivity contribution in [3.05, 3.63) is 12.0 Å². The van der Waals surface area contributed by atoms with Crippen LogP contribution < -0.4 is 0 Å². The number of hydrogen-bond donors (Lipinski definition) is 0. The molecule has 0 aromatic rings. The van der Waals surface area contributed by atoms with Gasteiger partial charge in [-0.25, -0.2) is 0 Å². The maximum atomic E-state index is 10.7. The zero-order valence-electron chi connectivity index (χ0n) is 15.3. The van der Waals surface area contributed by atoms with E-state index in [-0.39, 0.29) is 59.2 Å². The summed E-state index contributed by atoms with van der Waals surface area (Å²) in [6.45, 7) is 13.2. The topological polar surface area (TPSA) is 63.2 Å². The van der Waals surface area contributed by atoms with Crippen LogP contribution in [0.25, 0.3) is 0 Å². The van der Waals surface area contributed by atoms with E-state index in [1.54, 1.807) is 6.08 Å². The van der Waals surface area contributed by atoms with E-state index >= 15 is 0 Å². The Morgan fingerprint density at radius 3 is 1.83 bits per heavy atom. The average molecular weight is 366 g/mol. The van der Waals surface area contributed by atoms with Gasteiger partial charge < -0.3 is 23.7 Å². The standard InChI is InChI=1S/C16H30O6.Ti/c1-11(2)20-15(19-9-8-18-14(7)17)10-16(21-12(3)4)22-13(5)6;/h10-13,15H,8-9H2,1-7H3;. The Hall–Kier alpha value is -0.556. The quantitative estimate of drug-likeness (QED) is 0.184. The van der Waals surface area contributed by atoms with Crippen LogP contribution in [-0.2, 0) is 50.2 Å². The molecule has 0 aromatic heterocycles. The van der Waals surface area contributed by atoms with Gasteiger partial charge in [-0.3, -0.25) is 4.79 Å². The van der Waals surface area contributed by atoms with E-state index in [1.807, 2.05) is 41.5 Å². The van der Waals surface area contributed by atoms with Gasteiger partial charge in [-0.2, -0.15) is 0 Å². The first-order valence-corrected chi connectivity index (χ1v) is 7.66. The Morgan fingerprint density at radius 2 is 1.43 bits per heavy atom. The van der Waals surface area contributed by atoms with Crippen LogP contribution in [0.3, 0.4) is 0 Å². The Morgan fingerprint density at radius 1 is 0.913 bits per heavy atom. The van der Waals surface area contributed by atoms with Crippen molar-refractivity contribution in [3.8, 4) is 0 Å². The Kier molecular flexibility index (Phi) is 14.9. The van der Waals surface area contributed by atoms with E-state index in [0.717, 1.165) is 0 Å². The Labute approximate surface area is 154 Å². The molecule has 0 aromatic carbocycles. The molecule has 0 aliphatic carbocycles. The van der Waals surface area contributed by atoms with Crippen molar-refractivity contribution in [2.45, 2.75) is 73.1 Å². The molecule has 0 N–H and O–H groups in total. The first-order valence-electron chi connectivity index (χ1n) is 7.66. The minimum Gasteiger partial charge on any atom is -0.463 e. The maximum Gasteiger partial charge on any atom is 0.302 e. The van der Waals surface area contributed by atoms with Gasteiger partial charge in [0.15, 0.2) is 6.29 Å². The summed E-state index contributed by atoms with van der Waals surface area (Å²) in [5.41, 5.74) is 0. The number of carbonyl (C=O) groups is 1. The largest absolute Gasteiger partial charge is 0.463 e. The zero-order valence-corrected chi connectivity index (χ0v) is 16.8. The Balaban J connectivity index is 0. The molecule has 6 nitrogen and oxygen atoms in total. The molecule has 0 aliphatic rings. The van der Waals surface area contributed by atoms with Crippen molar-refractivity contribution < 1.29 is 50.2 Å². The third-order valence-corrected chi connectivity index (χ3v) is 2.05. The van der Waals surface area contributed by atoms with Gasteiger partial charge in [-0.1, -0.05) is 0 Å². The molecule has 0 amide bonds. The maximum absolute atomic E-state index is 10.7. The molecule has 0 rings (SSSR count). The summed E-state index contributed by atoms with van der Waals surface area (Å²) in [7, 11) is 0. The molecule has 0 saturated heterocycles. The fraction of sp³-hybridized carbons (Fsp3) is 0.812. The zero-order chi connectivity index (χ0) is 17.1. The molecular formula is C16H30O6Ti. The van der Waals surface area contributed by atoms with E-state index in [4.69, 9.17) is 23.7 Å². The smallest absolute Gasteiger partial charge is 0.302 e. The molecular weight excluding hydrogens is 336 g/mol. The van der Waals surface area contributed by atoms with E-state index in [0.29, 0.717) is 5.95 Å². The molecule has 7 heteroatoms. The number of rotatable bonds is 11. The summed E-state index contributed by atoms with van der Waals surface area (Å²) >= 11 is 0. The van der Waals surface area contributed by atoms with Crippen LogP contribution in [0.4, 0.5) is 0 Å². The predicted molar refractivity (Wildman–Crippen MR) is 83.1 cm³/mol. The van der Waals surface area contributed by atoms with Crippen molar-refractivity contribution in [2.24, 2.45) is 0 Å². The molecule has 0 heterocycles. The minimum atomic E-state index is -0.636. The predicted octanol–water partition coefficient (Wildman–Crippen LogP) is 3.01. The normalized spacial score (nSPS) is 11.9. The SMILES string of the molecule is CC(=O)OCCOC(C=C(OC(C)C)OC(C)C)OC(C)C.[Ti]. The van der Waals surface area contributed by atoms with Crippen molar-refractivity contribution in [1.29, 1.82) is 0 Å². The fourth-order valence-corrected chi connectivity index (χ4v) is 1.43. The van der Waals surface area contributed by atoms with Crippen molar-refractivity contribution in [1.82, 2.24) is 0 Å². The molecule has 0 spiro atoms. The molecule has 0 fully saturated rings. The van der Waals surface area contributed by atoms with Crippen LogP contribution in [0.15, 0.2) is 12.0 Å². The molecule has 23 heavy (non-hydrogen) atoms. The molecule has 1 atom stereocenters. The number of carbonyl (C=O) groups excluding carboxylic acids is 1. The summed E-state index contributed by atoms with van der Waals surface area (Å²) in [6.07, 6.45) is 0.933. The van der Waals surface area contributed by atoms with Gasteiger partial charge >= 0.3 is 5.97 Å². The summed E-state index contributed by atoms with van der Waals surface area (Å²) in [4.78, 5) is 10.7. The van der Waals surface area contributed by atoms with Crippen LogP contribution in [0.2, 0.25) is 0 Å². The first-order chi connectivity index (χ1) is 10.2. The monoisotopic (exact) mass is 366 g/mol. The molecule has 0 bridgehead atoms. The molecule has 0 aliphatic heterocycles. The van der Waals surface area contributed by atoms with Crippen molar-refractivity contribution in [2.75, 3.05) is 13.2 Å². The van der Waals surface area contributed by atoms with E-state index in [9.17, 15) is 4.79 Å². The Bertz CT molecular complexity index is 329. The number of esters is 1. The van der Waals surface area contributed by atoms with Gasteiger partial charge in [-0.15, -0.1) is 0 Å². The molecule has 1 unspecified atom stereocenters. The summed E-state index contributed by atoms with van der Waals surface area (Å²) < 4.78 is 27.3. The van der Waals surface area contributed by atoms with Crippen LogP contribution in [0.1, 0.15) is 48.5 Å². The fourth-order valence-electron chi connectivity index (χ4n) is 1.43. The van der Waals surface area contributed by atoms with E-state index in [2.05, 4.69) is 0 Å². The van der Waals surface area contributed by atoms with Crippen LogP contribution in [0, 0.1) is 0 Å². The average Bonchev–Trinajstić information content (AvgIpc) is 2.31. The molecule has 0 saturated carbocycles. The van der Waals surface area contributed by atoms with E-state index < -0.39 is 6.29 Å². The minimum absolute atomic E-state index is 0. The van der Waals surface area contributed by atoms with Gasteiger partial charge in [0.25, 0.3) is 5.95 Å². The second-order valence-electron chi connectivity index (χ2n) is 5.58. The molecule has 134 valence electrons. The van der Waals surface area contributed by atoms with Crippen LogP contribution in [-0.4, -0.2) is 43.8 Å². The third kappa shape index (κ3) is 16.1. The second-order valence-corrected chi connectivity index (χ2v) is 5.58. The number of hydrogen-bond acceptors (Lipinski definition) is 6. The van der Waals surface area contributed by atoms with Gasteiger partial charge in [-0.05, 0) is 41.5 Å². The molecule has 0 radical (unpaired) electrons. The third-order valence-electron chi connectivity index (χ3n) is 2.05. The summed E-state index contributed by atoms with van der Waals surface area (Å²) in [6, 6.07) is 0. The summed E-state index contributed by atoms with van der Waals surface area (Å²) in [5.74, 6) is 0.0237. The van der Waals surface area contributed by atoms with Gasteiger partial charge in [0.2, 0.25) is 0 Å². The first kappa shape index (κ1) is 24.7. The van der Waals surface area contributed by atoms with Crippen LogP contribution in [0.5, 0.6) is 0 Å². The van der Waals surface area contributed by atoms with Crippen LogP contribution >= 0.6 is 0 Å².